The van der Waals surface area contributed by atoms with Crippen LogP contribution in [-0.2, 0) is 5.41 Å². The second-order valence-corrected chi connectivity index (χ2v) is 20.4. The maximum atomic E-state index is 2.48. The topological polar surface area (TPSA) is 3.24 Å². The summed E-state index contributed by atoms with van der Waals surface area (Å²) < 4.78 is 5.29. The fraction of sp³-hybridized carbons (Fsp3) is 0.0149. The fourth-order valence-electron chi connectivity index (χ4n) is 11.5. The SMILES string of the molecule is c1ccc(C2(c3ccccc3)c3ccccc3-c3c(N(c4ccc(-c5ccc(-c6cccc7c6sc6ccccc67)cc5)cc4)c4ccc(-c5cccc6sc7ccccc7c56)cc4)cccc32)cc1. The van der Waals surface area contributed by atoms with E-state index in [2.05, 4.69) is 266 Å². The highest BCUT2D eigenvalue weighted by Gasteiger charge is 2.47. The van der Waals surface area contributed by atoms with Gasteiger partial charge < -0.3 is 4.90 Å². The molecule has 1 aliphatic rings. The Bertz CT molecular complexity index is 4050. The van der Waals surface area contributed by atoms with Crippen molar-refractivity contribution in [3.8, 4) is 44.5 Å². The van der Waals surface area contributed by atoms with Gasteiger partial charge in [-0.1, -0.05) is 212 Å². The molecule has 0 amide bonds. The normalized spacial score (nSPS) is 12.7. The molecule has 70 heavy (non-hydrogen) atoms. The first-order valence-electron chi connectivity index (χ1n) is 24.0. The first kappa shape index (κ1) is 40.7. The first-order valence-corrected chi connectivity index (χ1v) is 25.6. The van der Waals surface area contributed by atoms with Crippen LogP contribution in [0.25, 0.3) is 84.9 Å². The van der Waals surface area contributed by atoms with Gasteiger partial charge in [-0.2, -0.15) is 0 Å². The van der Waals surface area contributed by atoms with E-state index < -0.39 is 5.41 Å². The minimum absolute atomic E-state index is 0.513. The monoisotopic (exact) mass is 925 g/mol. The molecule has 14 rings (SSSR count). The van der Waals surface area contributed by atoms with Gasteiger partial charge in [0.25, 0.3) is 0 Å². The number of hydrogen-bond donors (Lipinski definition) is 0. The molecule has 0 spiro atoms. The van der Waals surface area contributed by atoms with Crippen molar-refractivity contribution in [3.05, 3.63) is 283 Å². The number of hydrogen-bond acceptors (Lipinski definition) is 3. The highest BCUT2D eigenvalue weighted by Crippen LogP contribution is 2.59. The van der Waals surface area contributed by atoms with Gasteiger partial charge in [0.2, 0.25) is 0 Å². The van der Waals surface area contributed by atoms with Crippen molar-refractivity contribution in [3.63, 3.8) is 0 Å². The van der Waals surface area contributed by atoms with Gasteiger partial charge >= 0.3 is 0 Å². The van der Waals surface area contributed by atoms with Gasteiger partial charge in [-0.25, -0.2) is 0 Å². The lowest BCUT2D eigenvalue weighted by Gasteiger charge is -2.34. The van der Waals surface area contributed by atoms with Crippen molar-refractivity contribution in [2.24, 2.45) is 0 Å². The number of rotatable bonds is 8. The van der Waals surface area contributed by atoms with Crippen molar-refractivity contribution in [2.45, 2.75) is 5.41 Å². The number of nitrogens with zero attached hydrogens (tertiary/aromatic N) is 1. The maximum absolute atomic E-state index is 2.48. The molecular formula is C67H43NS2. The van der Waals surface area contributed by atoms with Crippen LogP contribution in [0.15, 0.2) is 261 Å². The van der Waals surface area contributed by atoms with Crippen LogP contribution in [-0.4, -0.2) is 0 Å². The summed E-state index contributed by atoms with van der Waals surface area (Å²) in [5, 5.41) is 5.28. The van der Waals surface area contributed by atoms with Crippen LogP contribution in [0.5, 0.6) is 0 Å². The minimum atomic E-state index is -0.513. The minimum Gasteiger partial charge on any atom is -0.310 e. The second-order valence-electron chi connectivity index (χ2n) is 18.3. The van der Waals surface area contributed by atoms with Gasteiger partial charge in [0.15, 0.2) is 0 Å². The molecule has 13 aromatic rings. The summed E-state index contributed by atoms with van der Waals surface area (Å²) in [7, 11) is 0. The summed E-state index contributed by atoms with van der Waals surface area (Å²) in [5.74, 6) is 0. The zero-order valence-electron chi connectivity index (χ0n) is 38.1. The summed E-state index contributed by atoms with van der Waals surface area (Å²) >= 11 is 3.75. The van der Waals surface area contributed by atoms with Crippen molar-refractivity contribution in [2.75, 3.05) is 4.90 Å². The van der Waals surface area contributed by atoms with Crippen LogP contribution < -0.4 is 4.90 Å². The fourth-order valence-corrected chi connectivity index (χ4v) is 13.9. The molecule has 2 heterocycles. The Balaban J connectivity index is 0.916. The maximum Gasteiger partial charge on any atom is 0.0714 e. The first-order chi connectivity index (χ1) is 34.7. The van der Waals surface area contributed by atoms with Crippen LogP contribution >= 0.6 is 22.7 Å². The number of fused-ring (bicyclic) bond motifs is 9. The highest BCUT2D eigenvalue weighted by molar-refractivity contribution is 7.26. The van der Waals surface area contributed by atoms with Crippen LogP contribution in [0.4, 0.5) is 17.1 Å². The Morgan fingerprint density at radius 3 is 1.49 bits per heavy atom. The van der Waals surface area contributed by atoms with Crippen LogP contribution in [0.1, 0.15) is 22.3 Å². The molecular weight excluding hydrogens is 883 g/mol. The molecule has 0 atom stereocenters. The van der Waals surface area contributed by atoms with Crippen molar-refractivity contribution >= 4 is 80.1 Å². The molecule has 0 unspecified atom stereocenters. The van der Waals surface area contributed by atoms with Gasteiger partial charge in [-0.15, -0.1) is 22.7 Å². The lowest BCUT2D eigenvalue weighted by Crippen LogP contribution is -2.28. The van der Waals surface area contributed by atoms with E-state index in [0.29, 0.717) is 0 Å². The molecule has 11 aromatic carbocycles. The molecule has 1 nitrogen and oxygen atoms in total. The molecule has 0 saturated carbocycles. The molecule has 0 aliphatic heterocycles. The number of thiophene rings is 2. The summed E-state index contributed by atoms with van der Waals surface area (Å²) in [6, 6.07) is 96.7. The molecule has 2 aromatic heterocycles. The summed E-state index contributed by atoms with van der Waals surface area (Å²) in [5.41, 5.74) is 17.8. The molecule has 0 saturated heterocycles. The molecule has 3 heteroatoms. The predicted molar refractivity (Wildman–Crippen MR) is 301 cm³/mol. The Morgan fingerprint density at radius 2 is 0.771 bits per heavy atom. The number of anilines is 3. The Labute approximate surface area is 415 Å². The molecule has 0 bridgehead atoms. The van der Waals surface area contributed by atoms with E-state index in [4.69, 9.17) is 0 Å². The van der Waals surface area contributed by atoms with Gasteiger partial charge in [0.1, 0.15) is 0 Å². The van der Waals surface area contributed by atoms with Gasteiger partial charge in [0, 0.05) is 57.3 Å². The lowest BCUT2D eigenvalue weighted by atomic mass is 9.68. The standard InChI is InChI=1S/C67H43NS2/c1-3-16-48(17-4-1)67(49-18-5-2-6-19-49)58-26-10-7-21-56(58)65-59(67)27-15-28-60(65)68(51-42-38-46(39-43-51)52-23-14-31-63-64(52)57-22-9-12-30-62(57)69-63)50-40-36-45(37-41-50)44-32-34-47(35-33-44)53-24-13-25-55-54-20-8-11-29-61(54)70-66(53)55/h1-43H. The van der Waals surface area contributed by atoms with E-state index in [1.54, 1.807) is 0 Å². The average Bonchev–Trinajstić information content (AvgIpc) is 4.11. The van der Waals surface area contributed by atoms with Crippen LogP contribution in [0.3, 0.4) is 0 Å². The van der Waals surface area contributed by atoms with Crippen LogP contribution in [0, 0.1) is 0 Å². The molecule has 1 aliphatic carbocycles. The molecule has 328 valence electrons. The van der Waals surface area contributed by atoms with Crippen LogP contribution in [0.2, 0.25) is 0 Å². The second kappa shape index (κ2) is 16.4. The van der Waals surface area contributed by atoms with Crippen molar-refractivity contribution in [1.29, 1.82) is 0 Å². The molecule has 0 fully saturated rings. The van der Waals surface area contributed by atoms with Crippen molar-refractivity contribution < 1.29 is 0 Å². The van der Waals surface area contributed by atoms with E-state index >= 15 is 0 Å². The third-order valence-electron chi connectivity index (χ3n) is 14.6. The van der Waals surface area contributed by atoms with Gasteiger partial charge in [-0.05, 0) is 110 Å². The quantitative estimate of drug-likeness (QED) is 0.147. The third kappa shape index (κ3) is 6.29. The Hall–Kier alpha value is -8.34. The summed E-state index contributed by atoms with van der Waals surface area (Å²) in [6.07, 6.45) is 0. The molecule has 0 N–H and O–H groups in total. The number of benzene rings is 11. The zero-order valence-corrected chi connectivity index (χ0v) is 39.7. The van der Waals surface area contributed by atoms with Crippen molar-refractivity contribution in [1.82, 2.24) is 0 Å². The smallest absolute Gasteiger partial charge is 0.0714 e. The van der Waals surface area contributed by atoms with E-state index in [1.165, 1.54) is 107 Å². The zero-order chi connectivity index (χ0) is 46.2. The largest absolute Gasteiger partial charge is 0.310 e. The predicted octanol–water partition coefficient (Wildman–Crippen LogP) is 19.3. The highest BCUT2D eigenvalue weighted by atomic mass is 32.1. The summed E-state index contributed by atoms with van der Waals surface area (Å²) in [6.45, 7) is 0. The Kier molecular flexibility index (Phi) is 9.55. The lowest BCUT2D eigenvalue weighted by molar-refractivity contribution is 0.768. The van der Waals surface area contributed by atoms with E-state index in [0.717, 1.165) is 17.1 Å². The van der Waals surface area contributed by atoms with E-state index in [1.807, 2.05) is 22.7 Å². The van der Waals surface area contributed by atoms with Gasteiger partial charge in [-0.3, -0.25) is 0 Å². The Morgan fingerprint density at radius 1 is 0.300 bits per heavy atom. The van der Waals surface area contributed by atoms with E-state index in [-0.39, 0.29) is 0 Å². The van der Waals surface area contributed by atoms with Gasteiger partial charge in [0.05, 0.1) is 11.1 Å². The summed E-state index contributed by atoms with van der Waals surface area (Å²) in [4.78, 5) is 2.48. The van der Waals surface area contributed by atoms with E-state index in [9.17, 15) is 0 Å². The third-order valence-corrected chi connectivity index (χ3v) is 17.0. The molecule has 0 radical (unpaired) electrons. The average molecular weight is 926 g/mol.